The Bertz CT molecular complexity index is 589. The Hall–Kier alpha value is -2.08. The number of hydrogen-bond acceptors (Lipinski definition) is 6. The summed E-state index contributed by atoms with van der Waals surface area (Å²) in [4.78, 5) is 19.7. The van der Waals surface area contributed by atoms with Crippen molar-refractivity contribution in [1.82, 2.24) is 9.97 Å². The first-order chi connectivity index (χ1) is 8.36. The maximum Gasteiger partial charge on any atom is 0.298 e. The number of nitrogens with one attached hydrogen (secondary N) is 1. The van der Waals surface area contributed by atoms with Gasteiger partial charge >= 0.3 is 0 Å². The van der Waals surface area contributed by atoms with Crippen molar-refractivity contribution in [2.75, 3.05) is 5.32 Å². The van der Waals surface area contributed by atoms with Crippen molar-refractivity contribution in [3.05, 3.63) is 30.6 Å². The average molecular weight is 245 g/mol. The molecule has 17 heavy (non-hydrogen) atoms. The van der Waals surface area contributed by atoms with E-state index in [2.05, 4.69) is 15.3 Å². The molecule has 0 unspecified atom stereocenters. The molecule has 1 aliphatic rings. The zero-order valence-electron chi connectivity index (χ0n) is 8.58. The molecule has 0 aliphatic carbocycles. The fourth-order valence-corrected chi connectivity index (χ4v) is 2.42. The summed E-state index contributed by atoms with van der Waals surface area (Å²) in [6.07, 6.45) is 3.28. The molecule has 0 spiro atoms. The van der Waals surface area contributed by atoms with Gasteiger partial charge in [0.05, 0.1) is 5.69 Å². The van der Waals surface area contributed by atoms with Crippen LogP contribution in [0.4, 0.5) is 11.5 Å². The van der Waals surface area contributed by atoms with Crippen LogP contribution in [0.25, 0.3) is 0 Å². The van der Waals surface area contributed by atoms with E-state index in [0.29, 0.717) is 18.0 Å². The molecule has 84 valence electrons. The summed E-state index contributed by atoms with van der Waals surface area (Å²) in [5, 5.41) is 3.99. The molecule has 1 N–H and O–H groups in total. The van der Waals surface area contributed by atoms with E-state index in [1.54, 1.807) is 24.5 Å². The monoisotopic (exact) mass is 245 g/mol. The lowest BCUT2D eigenvalue weighted by atomic mass is 10.3. The van der Waals surface area contributed by atoms with Crippen molar-refractivity contribution in [3.63, 3.8) is 0 Å². The van der Waals surface area contributed by atoms with E-state index in [9.17, 15) is 4.79 Å². The molecule has 0 saturated carbocycles. The lowest BCUT2D eigenvalue weighted by Crippen LogP contribution is -2.03. The second-order valence-electron chi connectivity index (χ2n) is 3.31. The second kappa shape index (κ2) is 4.06. The van der Waals surface area contributed by atoms with Crippen molar-refractivity contribution in [2.24, 2.45) is 0 Å². The maximum atomic E-state index is 10.3. The number of fused-ring (bicyclic) bond motifs is 2. The lowest BCUT2D eigenvalue weighted by molar-refractivity contribution is -0.120. The van der Waals surface area contributed by atoms with Gasteiger partial charge in [-0.15, -0.1) is 0 Å². The molecule has 6 heteroatoms. The summed E-state index contributed by atoms with van der Waals surface area (Å²) in [6, 6.07) is 5.38. The van der Waals surface area contributed by atoms with Crippen LogP contribution in [0.2, 0.25) is 0 Å². The van der Waals surface area contributed by atoms with E-state index in [1.165, 1.54) is 11.8 Å². The topological polar surface area (TPSA) is 64.1 Å². The Kier molecular flexibility index (Phi) is 2.41. The van der Waals surface area contributed by atoms with E-state index in [1.807, 2.05) is 6.07 Å². The van der Waals surface area contributed by atoms with Gasteiger partial charge in [-0.25, -0.2) is 9.97 Å². The third kappa shape index (κ3) is 1.83. The minimum absolute atomic E-state index is 0.408. The highest BCUT2D eigenvalue weighted by Crippen LogP contribution is 2.42. The Balaban J connectivity index is 2.00. The van der Waals surface area contributed by atoms with Gasteiger partial charge in [-0.05, 0) is 12.1 Å². The molecule has 3 rings (SSSR count). The molecule has 0 bridgehead atoms. The summed E-state index contributed by atoms with van der Waals surface area (Å²) >= 11 is 1.53. The van der Waals surface area contributed by atoms with Crippen LogP contribution in [0.1, 0.15) is 0 Å². The zero-order chi connectivity index (χ0) is 11.7. The molecule has 0 amide bonds. The molecule has 0 radical (unpaired) electrons. The number of aromatic nitrogens is 2. The van der Waals surface area contributed by atoms with E-state index in [4.69, 9.17) is 4.74 Å². The summed E-state index contributed by atoms with van der Waals surface area (Å²) < 4.78 is 4.79. The highest BCUT2D eigenvalue weighted by molar-refractivity contribution is 7.99. The number of nitrogens with zero attached hydrogens (tertiary/aromatic N) is 2. The largest absolute Gasteiger partial charge is 0.429 e. The second-order valence-corrected chi connectivity index (χ2v) is 4.34. The van der Waals surface area contributed by atoms with Gasteiger partial charge < -0.3 is 10.1 Å². The molecule has 1 aromatic carbocycles. The number of ether oxygens (including phenoxy) is 1. The third-order valence-corrected chi connectivity index (χ3v) is 3.33. The fraction of sp³-hybridized carbons (Fsp3) is 0. The van der Waals surface area contributed by atoms with Crippen molar-refractivity contribution in [1.29, 1.82) is 0 Å². The Morgan fingerprint density at radius 1 is 1.29 bits per heavy atom. The predicted octanol–water partition coefficient (Wildman–Crippen LogP) is 2.22. The van der Waals surface area contributed by atoms with Gasteiger partial charge in [-0.1, -0.05) is 11.8 Å². The van der Waals surface area contributed by atoms with Gasteiger partial charge in [0.25, 0.3) is 6.47 Å². The zero-order valence-corrected chi connectivity index (χ0v) is 9.40. The van der Waals surface area contributed by atoms with Crippen LogP contribution >= 0.6 is 11.8 Å². The summed E-state index contributed by atoms with van der Waals surface area (Å²) in [5.74, 6) is 1.22. The van der Waals surface area contributed by atoms with Gasteiger partial charge in [0.15, 0.2) is 5.82 Å². The first-order valence-corrected chi connectivity index (χ1v) is 5.69. The highest BCUT2D eigenvalue weighted by atomic mass is 32.2. The molecule has 0 saturated heterocycles. The van der Waals surface area contributed by atoms with Crippen molar-refractivity contribution in [2.45, 2.75) is 9.92 Å². The van der Waals surface area contributed by atoms with Crippen LogP contribution in [-0.4, -0.2) is 16.4 Å². The SMILES string of the molecule is O=COc1ccc2c(c1)Nc1nccnc1S2. The first-order valence-electron chi connectivity index (χ1n) is 4.87. The molecular weight excluding hydrogens is 238 g/mol. The Morgan fingerprint density at radius 2 is 2.18 bits per heavy atom. The van der Waals surface area contributed by atoms with Crippen molar-refractivity contribution >= 4 is 29.7 Å². The molecule has 5 nitrogen and oxygen atoms in total. The quantitative estimate of drug-likeness (QED) is 0.698. The normalized spacial score (nSPS) is 12.0. The van der Waals surface area contributed by atoms with E-state index < -0.39 is 0 Å². The number of benzene rings is 1. The molecule has 2 aromatic rings. The summed E-state index contributed by atoms with van der Waals surface area (Å²) in [5.41, 5.74) is 0.863. The molecule has 1 aliphatic heterocycles. The molecule has 1 aromatic heterocycles. The first kappa shape index (κ1) is 10.1. The lowest BCUT2D eigenvalue weighted by Gasteiger charge is -2.18. The molecular formula is C11H7N3O2S. The summed E-state index contributed by atoms with van der Waals surface area (Å²) in [6.45, 7) is 0.408. The maximum absolute atomic E-state index is 10.3. The van der Waals surface area contributed by atoms with Crippen LogP contribution in [0.3, 0.4) is 0 Å². The van der Waals surface area contributed by atoms with Crippen LogP contribution < -0.4 is 10.1 Å². The number of carbonyl (C=O) groups excluding carboxylic acids is 1. The Morgan fingerprint density at radius 3 is 3.06 bits per heavy atom. The van der Waals surface area contributed by atoms with E-state index in [-0.39, 0.29) is 0 Å². The van der Waals surface area contributed by atoms with Crippen LogP contribution in [0.15, 0.2) is 40.5 Å². The van der Waals surface area contributed by atoms with E-state index in [0.717, 1.165) is 15.6 Å². The standard InChI is InChI=1S/C11H7N3O2S/c15-6-16-7-1-2-9-8(5-7)14-10-11(17-9)13-4-3-12-10/h1-6H,(H,12,14). The van der Waals surface area contributed by atoms with Gasteiger partial charge in [0.2, 0.25) is 0 Å². The highest BCUT2D eigenvalue weighted by Gasteiger charge is 2.17. The van der Waals surface area contributed by atoms with Crippen molar-refractivity contribution < 1.29 is 9.53 Å². The minimum Gasteiger partial charge on any atom is -0.429 e. The minimum atomic E-state index is 0.408. The fourth-order valence-electron chi connectivity index (χ4n) is 1.54. The smallest absolute Gasteiger partial charge is 0.298 e. The molecule has 0 atom stereocenters. The third-order valence-electron chi connectivity index (χ3n) is 2.26. The molecule has 2 heterocycles. The number of carbonyl (C=O) groups is 1. The van der Waals surface area contributed by atoms with Gasteiger partial charge in [0.1, 0.15) is 10.8 Å². The van der Waals surface area contributed by atoms with Gasteiger partial charge in [-0.3, -0.25) is 4.79 Å². The number of hydrogen-bond donors (Lipinski definition) is 1. The van der Waals surface area contributed by atoms with Crippen LogP contribution in [-0.2, 0) is 4.79 Å². The van der Waals surface area contributed by atoms with E-state index >= 15 is 0 Å². The van der Waals surface area contributed by atoms with Gasteiger partial charge in [-0.2, -0.15) is 0 Å². The number of rotatable bonds is 2. The average Bonchev–Trinajstić information content (AvgIpc) is 2.36. The van der Waals surface area contributed by atoms with Gasteiger partial charge in [0, 0.05) is 23.4 Å². The predicted molar refractivity (Wildman–Crippen MR) is 62.6 cm³/mol. The van der Waals surface area contributed by atoms with Crippen LogP contribution in [0.5, 0.6) is 5.75 Å². The number of anilines is 2. The van der Waals surface area contributed by atoms with Crippen molar-refractivity contribution in [3.8, 4) is 5.75 Å². The molecule has 0 fully saturated rings. The Labute approximate surface area is 101 Å². The van der Waals surface area contributed by atoms with Crippen LogP contribution in [0, 0.1) is 0 Å². The summed E-state index contributed by atoms with van der Waals surface area (Å²) in [7, 11) is 0.